The van der Waals surface area contributed by atoms with Gasteiger partial charge in [-0.1, -0.05) is 13.8 Å². The minimum atomic E-state index is 0.518. The third-order valence-corrected chi connectivity index (χ3v) is 2.66. The third-order valence-electron chi connectivity index (χ3n) is 2.66. The lowest BCUT2D eigenvalue weighted by atomic mass is 10.1. The highest BCUT2D eigenvalue weighted by atomic mass is 15.1. The summed E-state index contributed by atoms with van der Waals surface area (Å²) in [5, 5.41) is 3.15. The van der Waals surface area contributed by atoms with Crippen molar-refractivity contribution >= 4 is 0 Å². The maximum atomic E-state index is 4.67. The Balaban J connectivity index is 2.91. The van der Waals surface area contributed by atoms with Crippen LogP contribution in [0.25, 0.3) is 0 Å². The van der Waals surface area contributed by atoms with E-state index in [0.29, 0.717) is 5.92 Å². The first-order valence-corrected chi connectivity index (χ1v) is 5.24. The van der Waals surface area contributed by atoms with Gasteiger partial charge in [-0.05, 0) is 19.9 Å². The Hall–Kier alpha value is -0.830. The van der Waals surface area contributed by atoms with Crippen molar-refractivity contribution < 1.29 is 0 Å². The fourth-order valence-corrected chi connectivity index (χ4v) is 1.67. The number of hydrogen-bond acceptors (Lipinski definition) is 2. The molecule has 0 aliphatic rings. The van der Waals surface area contributed by atoms with Crippen LogP contribution in [0, 0.1) is 6.92 Å². The van der Waals surface area contributed by atoms with Gasteiger partial charge in [0, 0.05) is 25.7 Å². The Morgan fingerprint density at radius 1 is 1.43 bits per heavy atom. The van der Waals surface area contributed by atoms with E-state index in [1.165, 1.54) is 17.2 Å². The lowest BCUT2D eigenvalue weighted by molar-refractivity contribution is 0.710. The fraction of sp³-hybridized carbons (Fsp3) is 0.727. The van der Waals surface area contributed by atoms with Gasteiger partial charge in [0.25, 0.3) is 0 Å². The zero-order valence-corrected chi connectivity index (χ0v) is 9.89. The van der Waals surface area contributed by atoms with Crippen LogP contribution in [0.4, 0.5) is 0 Å². The molecule has 14 heavy (non-hydrogen) atoms. The monoisotopic (exact) mass is 195 g/mol. The van der Waals surface area contributed by atoms with Crippen LogP contribution in [0.15, 0.2) is 0 Å². The molecule has 0 fully saturated rings. The van der Waals surface area contributed by atoms with Gasteiger partial charge in [0.15, 0.2) is 0 Å². The summed E-state index contributed by atoms with van der Waals surface area (Å²) in [6, 6.07) is 0. The number of aromatic nitrogens is 2. The molecule has 1 aromatic heterocycles. The van der Waals surface area contributed by atoms with E-state index in [1.54, 1.807) is 0 Å². The van der Waals surface area contributed by atoms with Crippen LogP contribution in [-0.4, -0.2) is 23.1 Å². The van der Waals surface area contributed by atoms with Gasteiger partial charge in [-0.3, -0.25) is 0 Å². The molecule has 0 spiro atoms. The van der Waals surface area contributed by atoms with Gasteiger partial charge in [-0.25, -0.2) is 4.98 Å². The maximum Gasteiger partial charge on any atom is 0.110 e. The average molecular weight is 195 g/mol. The van der Waals surface area contributed by atoms with Crippen molar-refractivity contribution in [2.24, 2.45) is 7.05 Å². The predicted molar refractivity (Wildman–Crippen MR) is 59.7 cm³/mol. The van der Waals surface area contributed by atoms with Gasteiger partial charge in [0.1, 0.15) is 5.82 Å². The standard InChI is InChI=1S/C11H21N3/c1-8(2)11-9(3)14(5)10(13-11)6-7-12-4/h8,12H,6-7H2,1-5H3. The number of likely N-dealkylation sites (N-methyl/N-ethyl adjacent to an activating group) is 1. The SMILES string of the molecule is CNCCc1nc(C(C)C)c(C)n1C. The smallest absolute Gasteiger partial charge is 0.110 e. The minimum absolute atomic E-state index is 0.518. The van der Waals surface area contributed by atoms with E-state index in [-0.39, 0.29) is 0 Å². The largest absolute Gasteiger partial charge is 0.335 e. The van der Waals surface area contributed by atoms with Gasteiger partial charge in [0.2, 0.25) is 0 Å². The van der Waals surface area contributed by atoms with Gasteiger partial charge >= 0.3 is 0 Å². The minimum Gasteiger partial charge on any atom is -0.335 e. The molecule has 0 unspecified atom stereocenters. The first-order chi connectivity index (χ1) is 6.57. The number of rotatable bonds is 4. The van der Waals surface area contributed by atoms with Gasteiger partial charge in [-0.15, -0.1) is 0 Å². The summed E-state index contributed by atoms with van der Waals surface area (Å²) in [6.45, 7) is 7.52. The van der Waals surface area contributed by atoms with E-state index in [0.717, 1.165) is 13.0 Å². The van der Waals surface area contributed by atoms with E-state index in [1.807, 2.05) is 7.05 Å². The molecular formula is C11H21N3. The summed E-state index contributed by atoms with van der Waals surface area (Å²) in [5.41, 5.74) is 2.53. The molecule has 1 N–H and O–H groups in total. The molecule has 0 amide bonds. The first-order valence-electron chi connectivity index (χ1n) is 5.24. The number of nitrogens with zero attached hydrogens (tertiary/aromatic N) is 2. The lowest BCUT2D eigenvalue weighted by Gasteiger charge is -2.03. The summed E-state index contributed by atoms with van der Waals surface area (Å²) in [5.74, 6) is 1.70. The highest BCUT2D eigenvalue weighted by molar-refractivity contribution is 5.18. The second kappa shape index (κ2) is 4.60. The summed E-state index contributed by atoms with van der Waals surface area (Å²) >= 11 is 0. The summed E-state index contributed by atoms with van der Waals surface area (Å²) in [7, 11) is 4.07. The number of hydrogen-bond donors (Lipinski definition) is 1. The summed E-state index contributed by atoms with van der Waals surface area (Å²) in [6.07, 6.45) is 1.00. The Kier molecular flexibility index (Phi) is 3.69. The van der Waals surface area contributed by atoms with Crippen LogP contribution in [0.3, 0.4) is 0 Å². The summed E-state index contributed by atoms with van der Waals surface area (Å²) < 4.78 is 2.20. The van der Waals surface area contributed by atoms with Crippen LogP contribution in [0.1, 0.15) is 37.0 Å². The molecule has 0 radical (unpaired) electrons. The summed E-state index contributed by atoms with van der Waals surface area (Å²) in [4.78, 5) is 4.67. The molecule has 0 aliphatic carbocycles. The number of imidazole rings is 1. The molecule has 0 bridgehead atoms. The van der Waals surface area contributed by atoms with Crippen molar-refractivity contribution in [3.05, 3.63) is 17.2 Å². The van der Waals surface area contributed by atoms with Crippen molar-refractivity contribution in [3.63, 3.8) is 0 Å². The van der Waals surface area contributed by atoms with E-state index in [9.17, 15) is 0 Å². The van der Waals surface area contributed by atoms with E-state index < -0.39 is 0 Å². The van der Waals surface area contributed by atoms with Crippen molar-refractivity contribution in [1.82, 2.24) is 14.9 Å². The van der Waals surface area contributed by atoms with E-state index >= 15 is 0 Å². The molecule has 3 nitrogen and oxygen atoms in total. The molecule has 1 heterocycles. The van der Waals surface area contributed by atoms with Crippen LogP contribution in [0.2, 0.25) is 0 Å². The maximum absolute atomic E-state index is 4.67. The quantitative estimate of drug-likeness (QED) is 0.791. The highest BCUT2D eigenvalue weighted by Crippen LogP contribution is 2.18. The van der Waals surface area contributed by atoms with E-state index in [4.69, 9.17) is 0 Å². The first kappa shape index (κ1) is 11.2. The van der Waals surface area contributed by atoms with Crippen LogP contribution in [-0.2, 0) is 13.5 Å². The van der Waals surface area contributed by atoms with Crippen molar-refractivity contribution in [1.29, 1.82) is 0 Å². The molecule has 3 heteroatoms. The average Bonchev–Trinajstić information content (AvgIpc) is 2.42. The van der Waals surface area contributed by atoms with Crippen LogP contribution in [0.5, 0.6) is 0 Å². The molecule has 0 saturated heterocycles. The van der Waals surface area contributed by atoms with Crippen molar-refractivity contribution in [2.75, 3.05) is 13.6 Å². The Labute approximate surface area is 86.5 Å². The normalized spacial score (nSPS) is 11.3. The van der Waals surface area contributed by atoms with Gasteiger partial charge in [-0.2, -0.15) is 0 Å². The van der Waals surface area contributed by atoms with Gasteiger partial charge in [0.05, 0.1) is 5.69 Å². The molecule has 0 saturated carbocycles. The molecular weight excluding hydrogens is 174 g/mol. The molecule has 1 rings (SSSR count). The molecule has 80 valence electrons. The van der Waals surface area contributed by atoms with Crippen LogP contribution < -0.4 is 5.32 Å². The zero-order chi connectivity index (χ0) is 10.7. The predicted octanol–water partition coefficient (Wildman–Crippen LogP) is 1.61. The van der Waals surface area contributed by atoms with Gasteiger partial charge < -0.3 is 9.88 Å². The van der Waals surface area contributed by atoms with Crippen LogP contribution >= 0.6 is 0 Å². The Morgan fingerprint density at radius 2 is 2.07 bits per heavy atom. The zero-order valence-electron chi connectivity index (χ0n) is 9.89. The Morgan fingerprint density at radius 3 is 2.50 bits per heavy atom. The fourth-order valence-electron chi connectivity index (χ4n) is 1.67. The lowest BCUT2D eigenvalue weighted by Crippen LogP contribution is -2.13. The van der Waals surface area contributed by atoms with Crippen molar-refractivity contribution in [3.8, 4) is 0 Å². The van der Waals surface area contributed by atoms with E-state index in [2.05, 4.69) is 42.7 Å². The van der Waals surface area contributed by atoms with Crippen molar-refractivity contribution in [2.45, 2.75) is 33.1 Å². The number of nitrogens with one attached hydrogen (secondary N) is 1. The Bertz CT molecular complexity index is 300. The third kappa shape index (κ3) is 2.15. The second-order valence-electron chi connectivity index (χ2n) is 4.07. The molecule has 0 aromatic carbocycles. The second-order valence-corrected chi connectivity index (χ2v) is 4.07. The highest BCUT2D eigenvalue weighted by Gasteiger charge is 2.12. The topological polar surface area (TPSA) is 29.9 Å². The molecule has 0 aliphatic heterocycles. The molecule has 1 aromatic rings. The molecule has 0 atom stereocenters.